The molecule has 1 aromatic carbocycles. The molecule has 0 aromatic heterocycles. The lowest BCUT2D eigenvalue weighted by atomic mass is 9.87. The molecule has 4 rings (SSSR count). The van der Waals surface area contributed by atoms with Crippen LogP contribution in [0.3, 0.4) is 0 Å². The van der Waals surface area contributed by atoms with E-state index in [1.807, 2.05) is 6.07 Å². The molecule has 5 heteroatoms. The zero-order chi connectivity index (χ0) is 21.8. The van der Waals surface area contributed by atoms with E-state index in [2.05, 4.69) is 30.9 Å². The molecular weight excluding hydrogens is 390 g/mol. The third kappa shape index (κ3) is 5.94. The standard InChI is InChI=1S/C26H39NO4/c1-26(2)17-20(14-15-30-26)25(28)27(21-11-12-21)18-19-10-13-23(29-3)24(16-19)31-22-8-6-4-5-7-9-22/h10,13,16,20-22H,4-9,11-12,14-15,17-18H2,1-3H3/t20-/m1/s1. The summed E-state index contributed by atoms with van der Waals surface area (Å²) < 4.78 is 17.8. The van der Waals surface area contributed by atoms with Crippen LogP contribution in [0.2, 0.25) is 0 Å². The minimum absolute atomic E-state index is 0.0595. The molecule has 0 radical (unpaired) electrons. The van der Waals surface area contributed by atoms with Gasteiger partial charge in [-0.1, -0.05) is 18.9 Å². The molecule has 0 N–H and O–H groups in total. The highest BCUT2D eigenvalue weighted by molar-refractivity contribution is 5.79. The van der Waals surface area contributed by atoms with Gasteiger partial charge in [-0.05, 0) is 82.9 Å². The minimum atomic E-state index is -0.215. The molecule has 172 valence electrons. The van der Waals surface area contributed by atoms with Gasteiger partial charge >= 0.3 is 0 Å². The lowest BCUT2D eigenvalue weighted by Gasteiger charge is -2.37. The largest absolute Gasteiger partial charge is 0.493 e. The van der Waals surface area contributed by atoms with Crippen molar-refractivity contribution in [2.24, 2.45) is 5.92 Å². The van der Waals surface area contributed by atoms with E-state index >= 15 is 0 Å². The molecule has 2 saturated carbocycles. The maximum absolute atomic E-state index is 13.4. The molecule has 1 aliphatic heterocycles. The van der Waals surface area contributed by atoms with Crippen LogP contribution in [0, 0.1) is 5.92 Å². The second-order valence-corrected chi connectivity index (χ2v) is 10.2. The summed E-state index contributed by atoms with van der Waals surface area (Å²) in [7, 11) is 1.70. The first-order chi connectivity index (χ1) is 14.9. The molecule has 1 saturated heterocycles. The van der Waals surface area contributed by atoms with Crippen LogP contribution in [0.15, 0.2) is 18.2 Å². The maximum atomic E-state index is 13.4. The smallest absolute Gasteiger partial charge is 0.226 e. The summed E-state index contributed by atoms with van der Waals surface area (Å²) >= 11 is 0. The monoisotopic (exact) mass is 429 g/mol. The van der Waals surface area contributed by atoms with Crippen molar-refractivity contribution in [3.63, 3.8) is 0 Å². The summed E-state index contributed by atoms with van der Waals surface area (Å²) in [5.74, 6) is 1.95. The first-order valence-corrected chi connectivity index (χ1v) is 12.2. The Hall–Kier alpha value is -1.75. The number of carbonyl (C=O) groups excluding carboxylic acids is 1. The van der Waals surface area contributed by atoms with E-state index in [1.54, 1.807) is 7.11 Å². The molecule has 3 aliphatic rings. The second kappa shape index (κ2) is 9.81. The Morgan fingerprint density at radius 2 is 1.81 bits per heavy atom. The Morgan fingerprint density at radius 1 is 1.06 bits per heavy atom. The number of ether oxygens (including phenoxy) is 3. The van der Waals surface area contributed by atoms with Crippen molar-refractivity contribution in [2.75, 3.05) is 13.7 Å². The lowest BCUT2D eigenvalue weighted by Crippen LogP contribution is -2.44. The predicted octanol–water partition coefficient (Wildman–Crippen LogP) is 5.49. The Balaban J connectivity index is 1.47. The van der Waals surface area contributed by atoms with Crippen LogP contribution in [-0.2, 0) is 16.1 Å². The van der Waals surface area contributed by atoms with Gasteiger partial charge in [-0.25, -0.2) is 0 Å². The Kier molecular flexibility index (Phi) is 7.10. The van der Waals surface area contributed by atoms with Gasteiger partial charge in [0.05, 0.1) is 18.8 Å². The topological polar surface area (TPSA) is 48.0 Å². The third-order valence-electron chi connectivity index (χ3n) is 6.99. The number of hydrogen-bond acceptors (Lipinski definition) is 4. The van der Waals surface area contributed by atoms with Crippen LogP contribution in [0.5, 0.6) is 11.5 Å². The second-order valence-electron chi connectivity index (χ2n) is 10.2. The van der Waals surface area contributed by atoms with Gasteiger partial charge in [0, 0.05) is 25.1 Å². The van der Waals surface area contributed by atoms with E-state index in [0.717, 1.165) is 55.6 Å². The van der Waals surface area contributed by atoms with Gasteiger partial charge in [0.25, 0.3) is 0 Å². The van der Waals surface area contributed by atoms with Crippen molar-refractivity contribution in [3.05, 3.63) is 23.8 Å². The molecule has 1 aromatic rings. The number of rotatable bonds is 7. The van der Waals surface area contributed by atoms with Gasteiger partial charge in [-0.3, -0.25) is 4.79 Å². The van der Waals surface area contributed by atoms with E-state index in [4.69, 9.17) is 14.2 Å². The Labute approximate surface area is 187 Å². The predicted molar refractivity (Wildman–Crippen MR) is 121 cm³/mol. The average molecular weight is 430 g/mol. The van der Waals surface area contributed by atoms with E-state index < -0.39 is 0 Å². The fraction of sp³-hybridized carbons (Fsp3) is 0.731. The average Bonchev–Trinajstić information content (AvgIpc) is 3.59. The summed E-state index contributed by atoms with van der Waals surface area (Å²) in [6.07, 6.45) is 11.4. The zero-order valence-electron chi connectivity index (χ0n) is 19.5. The molecule has 5 nitrogen and oxygen atoms in total. The summed E-state index contributed by atoms with van der Waals surface area (Å²) in [5.41, 5.74) is 0.907. The van der Waals surface area contributed by atoms with Gasteiger partial charge < -0.3 is 19.1 Å². The highest BCUT2D eigenvalue weighted by Crippen LogP contribution is 2.37. The quantitative estimate of drug-likeness (QED) is 0.538. The lowest BCUT2D eigenvalue weighted by molar-refractivity contribution is -0.146. The Morgan fingerprint density at radius 3 is 2.45 bits per heavy atom. The maximum Gasteiger partial charge on any atom is 0.226 e. The third-order valence-corrected chi connectivity index (χ3v) is 6.99. The van der Waals surface area contributed by atoms with Gasteiger partial charge in [0.1, 0.15) is 0 Å². The first kappa shape index (κ1) is 22.4. The van der Waals surface area contributed by atoms with Gasteiger partial charge in [0.15, 0.2) is 11.5 Å². The van der Waals surface area contributed by atoms with Crippen molar-refractivity contribution >= 4 is 5.91 Å². The van der Waals surface area contributed by atoms with Gasteiger partial charge in [-0.15, -0.1) is 0 Å². The van der Waals surface area contributed by atoms with Crippen molar-refractivity contribution in [1.82, 2.24) is 4.90 Å². The summed E-state index contributed by atoms with van der Waals surface area (Å²) in [5, 5.41) is 0. The SMILES string of the molecule is COc1ccc(CN(C(=O)[C@@H]2CCOC(C)(C)C2)C2CC2)cc1OC1CCCCCC1. The molecular formula is C26H39NO4. The first-order valence-electron chi connectivity index (χ1n) is 12.2. The molecule has 1 atom stereocenters. The van der Waals surface area contributed by atoms with Crippen molar-refractivity contribution < 1.29 is 19.0 Å². The van der Waals surface area contributed by atoms with Crippen molar-refractivity contribution in [3.8, 4) is 11.5 Å². The van der Waals surface area contributed by atoms with E-state index in [0.29, 0.717) is 25.1 Å². The molecule has 0 bridgehead atoms. The van der Waals surface area contributed by atoms with Gasteiger partial charge in [-0.2, -0.15) is 0 Å². The number of carbonyl (C=O) groups is 1. The fourth-order valence-electron chi connectivity index (χ4n) is 5.10. The number of methoxy groups -OCH3 is 1. The van der Waals surface area contributed by atoms with Crippen molar-refractivity contribution in [1.29, 1.82) is 0 Å². The summed E-state index contributed by atoms with van der Waals surface area (Å²) in [6.45, 7) is 5.50. The molecule has 31 heavy (non-hydrogen) atoms. The highest BCUT2D eigenvalue weighted by atomic mass is 16.5. The van der Waals surface area contributed by atoms with Crippen LogP contribution in [0.25, 0.3) is 0 Å². The normalized spacial score (nSPS) is 24.3. The Bertz CT molecular complexity index is 750. The van der Waals surface area contributed by atoms with Gasteiger partial charge in [0.2, 0.25) is 5.91 Å². The van der Waals surface area contributed by atoms with E-state index in [9.17, 15) is 4.79 Å². The zero-order valence-corrected chi connectivity index (χ0v) is 19.5. The van der Waals surface area contributed by atoms with Crippen molar-refractivity contribution in [2.45, 2.75) is 102 Å². The van der Waals surface area contributed by atoms with Crippen LogP contribution in [0.4, 0.5) is 0 Å². The molecule has 0 spiro atoms. The van der Waals surface area contributed by atoms with Crippen LogP contribution in [0.1, 0.15) is 83.6 Å². The number of benzene rings is 1. The number of hydrogen-bond donors (Lipinski definition) is 0. The van der Waals surface area contributed by atoms with Crippen LogP contribution in [-0.4, -0.2) is 42.3 Å². The number of nitrogens with zero attached hydrogens (tertiary/aromatic N) is 1. The molecule has 3 fully saturated rings. The molecule has 1 amide bonds. The number of amides is 1. The molecule has 1 heterocycles. The highest BCUT2D eigenvalue weighted by Gasteiger charge is 2.39. The molecule has 0 unspecified atom stereocenters. The summed E-state index contributed by atoms with van der Waals surface area (Å²) in [6, 6.07) is 6.55. The minimum Gasteiger partial charge on any atom is -0.493 e. The van der Waals surface area contributed by atoms with Crippen LogP contribution < -0.4 is 9.47 Å². The van der Waals surface area contributed by atoms with E-state index in [1.165, 1.54) is 25.7 Å². The molecule has 2 aliphatic carbocycles. The van der Waals surface area contributed by atoms with Crippen LogP contribution >= 0.6 is 0 Å². The summed E-state index contributed by atoms with van der Waals surface area (Å²) in [4.78, 5) is 15.6. The fourth-order valence-corrected chi connectivity index (χ4v) is 5.10. The van der Waals surface area contributed by atoms with E-state index in [-0.39, 0.29) is 17.6 Å².